The molecule has 16 heavy (non-hydrogen) atoms. The summed E-state index contributed by atoms with van der Waals surface area (Å²) in [4.78, 5) is 0. The van der Waals surface area contributed by atoms with Crippen molar-refractivity contribution in [2.75, 3.05) is 7.11 Å². The maximum absolute atomic E-state index is 13.8. The van der Waals surface area contributed by atoms with Crippen molar-refractivity contribution in [3.8, 4) is 5.75 Å². The van der Waals surface area contributed by atoms with Gasteiger partial charge in [-0.25, -0.2) is 4.39 Å². The molecule has 3 heteroatoms. The third kappa shape index (κ3) is 2.95. The van der Waals surface area contributed by atoms with Crippen molar-refractivity contribution in [1.82, 2.24) is 0 Å². The Morgan fingerprint density at radius 3 is 2.50 bits per heavy atom. The SMILES string of the molecule is COc1ccc(C(C)(C)CC(C)O)c(F)c1. The van der Waals surface area contributed by atoms with E-state index in [1.807, 2.05) is 13.8 Å². The number of hydrogen-bond acceptors (Lipinski definition) is 2. The fourth-order valence-electron chi connectivity index (χ4n) is 2.02. The number of rotatable bonds is 4. The van der Waals surface area contributed by atoms with Gasteiger partial charge in [0.2, 0.25) is 0 Å². The average Bonchev–Trinajstić information content (AvgIpc) is 2.14. The van der Waals surface area contributed by atoms with Gasteiger partial charge in [-0.2, -0.15) is 0 Å². The molecular weight excluding hydrogens is 207 g/mol. The monoisotopic (exact) mass is 226 g/mol. The highest BCUT2D eigenvalue weighted by atomic mass is 19.1. The van der Waals surface area contributed by atoms with Gasteiger partial charge >= 0.3 is 0 Å². The fourth-order valence-corrected chi connectivity index (χ4v) is 2.02. The molecular formula is C13H19FO2. The number of halogens is 1. The molecule has 90 valence electrons. The normalized spacial score (nSPS) is 13.6. The van der Waals surface area contributed by atoms with E-state index >= 15 is 0 Å². The van der Waals surface area contributed by atoms with Crippen LogP contribution in [0.25, 0.3) is 0 Å². The summed E-state index contributed by atoms with van der Waals surface area (Å²) in [5, 5.41) is 9.39. The van der Waals surface area contributed by atoms with E-state index < -0.39 is 6.10 Å². The van der Waals surface area contributed by atoms with Crippen molar-refractivity contribution >= 4 is 0 Å². The summed E-state index contributed by atoms with van der Waals surface area (Å²) in [6.07, 6.45) is 0.0764. The highest BCUT2D eigenvalue weighted by molar-refractivity contribution is 5.33. The third-order valence-corrected chi connectivity index (χ3v) is 2.71. The first kappa shape index (κ1) is 13.0. The number of aliphatic hydroxyl groups is 1. The average molecular weight is 226 g/mol. The van der Waals surface area contributed by atoms with Crippen molar-refractivity contribution in [3.05, 3.63) is 29.6 Å². The van der Waals surface area contributed by atoms with Crippen LogP contribution in [0.4, 0.5) is 4.39 Å². The van der Waals surface area contributed by atoms with Crippen molar-refractivity contribution in [3.63, 3.8) is 0 Å². The van der Waals surface area contributed by atoms with Crippen molar-refractivity contribution in [2.45, 2.75) is 38.7 Å². The zero-order valence-electron chi connectivity index (χ0n) is 10.2. The summed E-state index contributed by atoms with van der Waals surface area (Å²) in [6.45, 7) is 5.55. The van der Waals surface area contributed by atoms with E-state index in [9.17, 15) is 9.50 Å². The molecule has 0 aliphatic heterocycles. The third-order valence-electron chi connectivity index (χ3n) is 2.71. The minimum Gasteiger partial charge on any atom is -0.497 e. The van der Waals surface area contributed by atoms with E-state index in [0.717, 1.165) is 0 Å². The molecule has 1 aromatic carbocycles. The lowest BCUT2D eigenvalue weighted by atomic mass is 9.79. The molecule has 0 amide bonds. The maximum Gasteiger partial charge on any atom is 0.130 e. The Balaban J connectivity index is 3.03. The standard InChI is InChI=1S/C13H19FO2/c1-9(15)8-13(2,3)11-6-5-10(16-4)7-12(11)14/h5-7,9,15H,8H2,1-4H3. The predicted octanol–water partition coefficient (Wildman–Crippen LogP) is 2.88. The van der Waals surface area contributed by atoms with Crippen LogP contribution in [0.1, 0.15) is 32.8 Å². The maximum atomic E-state index is 13.8. The molecule has 0 bridgehead atoms. The molecule has 1 atom stereocenters. The molecule has 0 fully saturated rings. The van der Waals surface area contributed by atoms with Gasteiger partial charge in [-0.3, -0.25) is 0 Å². The van der Waals surface area contributed by atoms with Crippen LogP contribution in [0.2, 0.25) is 0 Å². The zero-order chi connectivity index (χ0) is 12.3. The van der Waals surface area contributed by atoms with Crippen LogP contribution >= 0.6 is 0 Å². The molecule has 1 N–H and O–H groups in total. The summed E-state index contributed by atoms with van der Waals surface area (Å²) in [6, 6.07) is 4.83. The second-order valence-electron chi connectivity index (χ2n) is 4.78. The quantitative estimate of drug-likeness (QED) is 0.855. The van der Waals surface area contributed by atoms with Gasteiger partial charge in [0.05, 0.1) is 13.2 Å². The van der Waals surface area contributed by atoms with Crippen LogP contribution < -0.4 is 4.74 Å². The largest absolute Gasteiger partial charge is 0.497 e. The summed E-state index contributed by atoms with van der Waals surface area (Å²) < 4.78 is 18.8. The van der Waals surface area contributed by atoms with Gasteiger partial charge in [0.15, 0.2) is 0 Å². The van der Waals surface area contributed by atoms with E-state index in [2.05, 4.69) is 0 Å². The summed E-state index contributed by atoms with van der Waals surface area (Å²) >= 11 is 0. The molecule has 0 saturated carbocycles. The first-order valence-corrected chi connectivity index (χ1v) is 5.39. The Morgan fingerprint density at radius 1 is 1.44 bits per heavy atom. The number of hydrogen-bond donors (Lipinski definition) is 1. The topological polar surface area (TPSA) is 29.5 Å². The second-order valence-corrected chi connectivity index (χ2v) is 4.78. The number of ether oxygens (including phenoxy) is 1. The first-order chi connectivity index (χ1) is 7.36. The minimum atomic E-state index is -0.448. The van der Waals surface area contributed by atoms with Gasteiger partial charge in [-0.05, 0) is 30.4 Å². The van der Waals surface area contributed by atoms with E-state index in [0.29, 0.717) is 17.7 Å². The zero-order valence-corrected chi connectivity index (χ0v) is 10.2. The molecule has 2 nitrogen and oxygen atoms in total. The highest BCUT2D eigenvalue weighted by Crippen LogP contribution is 2.32. The number of benzene rings is 1. The molecule has 0 spiro atoms. The Morgan fingerprint density at radius 2 is 2.06 bits per heavy atom. The smallest absolute Gasteiger partial charge is 0.130 e. The van der Waals surface area contributed by atoms with Crippen molar-refractivity contribution < 1.29 is 14.2 Å². The van der Waals surface area contributed by atoms with Gasteiger partial charge in [-0.1, -0.05) is 19.9 Å². The molecule has 1 aromatic rings. The lowest BCUT2D eigenvalue weighted by Gasteiger charge is -2.27. The van der Waals surface area contributed by atoms with Crippen LogP contribution in [0.5, 0.6) is 5.75 Å². The van der Waals surface area contributed by atoms with Gasteiger partial charge in [0.1, 0.15) is 11.6 Å². The van der Waals surface area contributed by atoms with Crippen LogP contribution in [0.3, 0.4) is 0 Å². The molecule has 0 aliphatic rings. The highest BCUT2D eigenvalue weighted by Gasteiger charge is 2.25. The lowest BCUT2D eigenvalue weighted by Crippen LogP contribution is -2.24. The Kier molecular flexibility index (Phi) is 3.92. The van der Waals surface area contributed by atoms with Gasteiger partial charge < -0.3 is 9.84 Å². The second kappa shape index (κ2) is 4.83. The van der Waals surface area contributed by atoms with Crippen LogP contribution in [0.15, 0.2) is 18.2 Å². The van der Waals surface area contributed by atoms with E-state index in [4.69, 9.17) is 4.74 Å². The molecule has 1 rings (SSSR count). The van der Waals surface area contributed by atoms with Crippen LogP contribution in [-0.4, -0.2) is 18.3 Å². The molecule has 0 aliphatic carbocycles. The van der Waals surface area contributed by atoms with Gasteiger partial charge in [0, 0.05) is 6.07 Å². The number of aliphatic hydroxyl groups excluding tert-OH is 1. The van der Waals surface area contributed by atoms with Crippen molar-refractivity contribution in [1.29, 1.82) is 0 Å². The Bertz CT molecular complexity index is 359. The Labute approximate surface area is 96.1 Å². The van der Waals surface area contributed by atoms with E-state index in [1.165, 1.54) is 13.2 Å². The summed E-state index contributed by atoms with van der Waals surface area (Å²) in [7, 11) is 1.51. The van der Waals surface area contributed by atoms with Crippen LogP contribution in [0, 0.1) is 5.82 Å². The number of methoxy groups -OCH3 is 1. The van der Waals surface area contributed by atoms with Crippen molar-refractivity contribution in [2.24, 2.45) is 0 Å². The molecule has 1 unspecified atom stereocenters. The summed E-state index contributed by atoms with van der Waals surface area (Å²) in [5.74, 6) is 0.221. The van der Waals surface area contributed by atoms with E-state index in [1.54, 1.807) is 19.1 Å². The first-order valence-electron chi connectivity index (χ1n) is 5.39. The van der Waals surface area contributed by atoms with Gasteiger partial charge in [-0.15, -0.1) is 0 Å². The molecule has 0 radical (unpaired) electrons. The molecule has 0 heterocycles. The molecule has 0 saturated heterocycles. The van der Waals surface area contributed by atoms with Crippen LogP contribution in [-0.2, 0) is 5.41 Å². The van der Waals surface area contributed by atoms with Gasteiger partial charge in [0.25, 0.3) is 0 Å². The predicted molar refractivity (Wildman–Crippen MR) is 62.3 cm³/mol. The lowest BCUT2D eigenvalue weighted by molar-refractivity contribution is 0.155. The van der Waals surface area contributed by atoms with E-state index in [-0.39, 0.29) is 11.2 Å². The summed E-state index contributed by atoms with van der Waals surface area (Å²) in [5.41, 5.74) is 0.221. The molecule has 0 aromatic heterocycles. The Hall–Kier alpha value is -1.09. The fraction of sp³-hybridized carbons (Fsp3) is 0.538. The minimum absolute atomic E-state index is 0.287.